The smallest absolute Gasteiger partial charge is 0.322 e. The molecule has 0 saturated heterocycles. The van der Waals surface area contributed by atoms with Gasteiger partial charge in [0.05, 0.1) is 11.4 Å². The summed E-state index contributed by atoms with van der Waals surface area (Å²) in [6, 6.07) is 14.5. The molecule has 0 saturated carbocycles. The van der Waals surface area contributed by atoms with Crippen LogP contribution in [-0.4, -0.2) is 29.8 Å². The summed E-state index contributed by atoms with van der Waals surface area (Å²) in [5, 5.41) is 9.34. The average Bonchev–Trinajstić information content (AvgIpc) is 3.27. The highest BCUT2D eigenvalue weighted by molar-refractivity contribution is 7.89. The third-order valence-corrected chi connectivity index (χ3v) is 8.43. The fourth-order valence-corrected chi connectivity index (χ4v) is 6.94. The van der Waals surface area contributed by atoms with E-state index in [1.165, 1.54) is 23.5 Å². The first-order valence-corrected chi connectivity index (χ1v) is 12.0. The molecular weight excluding hydrogens is 437 g/mol. The largest absolute Gasteiger partial charge is 0.480 e. The van der Waals surface area contributed by atoms with Crippen molar-refractivity contribution in [3.63, 3.8) is 0 Å². The second-order valence-corrected chi connectivity index (χ2v) is 10.2. The van der Waals surface area contributed by atoms with E-state index in [9.17, 15) is 22.7 Å². The summed E-state index contributed by atoms with van der Waals surface area (Å²) in [6.45, 7) is 1.75. The third-order valence-electron chi connectivity index (χ3n) is 5.21. The van der Waals surface area contributed by atoms with Crippen molar-refractivity contribution in [1.82, 2.24) is 4.31 Å². The number of sulfonamides is 1. The Kier molecular flexibility index (Phi) is 5.79. The van der Waals surface area contributed by atoms with E-state index in [0.717, 1.165) is 25.9 Å². The number of nitrogens with zero attached hydrogens (tertiary/aromatic N) is 1. The Hall–Kier alpha value is -2.81. The van der Waals surface area contributed by atoms with Gasteiger partial charge in [0.1, 0.15) is 11.9 Å². The Labute approximate surface area is 184 Å². The van der Waals surface area contributed by atoms with E-state index >= 15 is 0 Å². The number of hydrogen-bond acceptors (Lipinski definition) is 4. The zero-order chi connectivity index (χ0) is 22.2. The number of carboxylic acids is 1. The van der Waals surface area contributed by atoms with Crippen LogP contribution in [0.4, 0.5) is 4.39 Å². The summed E-state index contributed by atoms with van der Waals surface area (Å²) in [5.74, 6) is -1.41. The van der Waals surface area contributed by atoms with Crippen LogP contribution in [0, 0.1) is 5.82 Å². The Balaban J connectivity index is 1.54. The maximum absolute atomic E-state index is 13.0. The lowest BCUT2D eigenvalue weighted by Gasteiger charge is -2.21. The van der Waals surface area contributed by atoms with Gasteiger partial charge in [-0.15, -0.1) is 11.3 Å². The van der Waals surface area contributed by atoms with E-state index in [0.29, 0.717) is 4.88 Å². The van der Waals surface area contributed by atoms with Gasteiger partial charge in [0, 0.05) is 9.75 Å². The zero-order valence-electron chi connectivity index (χ0n) is 16.7. The lowest BCUT2D eigenvalue weighted by atomic mass is 10.1. The first-order chi connectivity index (χ1) is 14.8. The Morgan fingerprint density at radius 2 is 1.71 bits per heavy atom. The van der Waals surface area contributed by atoms with E-state index in [1.54, 1.807) is 25.1 Å². The van der Waals surface area contributed by atoms with Gasteiger partial charge in [-0.25, -0.2) is 12.8 Å². The average molecular weight is 458 g/mol. The molecule has 2 heterocycles. The minimum Gasteiger partial charge on any atom is -0.480 e. The van der Waals surface area contributed by atoms with Crippen LogP contribution in [0.25, 0.3) is 22.6 Å². The van der Waals surface area contributed by atoms with Crippen molar-refractivity contribution in [2.45, 2.75) is 30.8 Å². The minimum absolute atomic E-state index is 0.0889. The minimum atomic E-state index is -3.82. The number of halogens is 1. The molecule has 0 bridgehead atoms. The highest BCUT2D eigenvalue weighted by atomic mass is 32.2. The number of fused-ring (bicyclic) bond motifs is 1. The summed E-state index contributed by atoms with van der Waals surface area (Å²) in [7, 11) is -3.82. The molecule has 0 radical (unpaired) electrons. The molecule has 160 valence electrons. The predicted octanol–water partition coefficient (Wildman–Crippen LogP) is 5.09. The molecular formula is C23H20FNO4S2. The Bertz CT molecular complexity index is 1250. The fourth-order valence-electron chi connectivity index (χ4n) is 3.54. The second-order valence-electron chi connectivity index (χ2n) is 7.22. The highest BCUT2D eigenvalue weighted by Crippen LogP contribution is 2.42. The maximum Gasteiger partial charge on any atom is 0.322 e. The lowest BCUT2D eigenvalue weighted by molar-refractivity contribution is -0.141. The van der Waals surface area contributed by atoms with Crippen LogP contribution < -0.4 is 0 Å². The Morgan fingerprint density at radius 1 is 1.13 bits per heavy atom. The van der Waals surface area contributed by atoms with E-state index in [4.69, 9.17) is 0 Å². The molecule has 0 aliphatic carbocycles. The zero-order valence-corrected chi connectivity index (χ0v) is 18.3. The van der Waals surface area contributed by atoms with Gasteiger partial charge in [-0.3, -0.25) is 4.79 Å². The van der Waals surface area contributed by atoms with Gasteiger partial charge in [-0.2, -0.15) is 4.31 Å². The normalized spacial score (nSPS) is 16.5. The first-order valence-electron chi connectivity index (χ1n) is 9.71. The molecule has 8 heteroatoms. The van der Waals surface area contributed by atoms with Crippen molar-refractivity contribution in [2.24, 2.45) is 0 Å². The third kappa shape index (κ3) is 4.19. The lowest BCUT2D eigenvalue weighted by Crippen LogP contribution is -2.40. The number of carbonyl (C=O) groups is 1. The molecule has 1 N–H and O–H groups in total. The van der Waals surface area contributed by atoms with Gasteiger partial charge in [-0.05, 0) is 41.3 Å². The molecule has 1 unspecified atom stereocenters. The molecule has 0 fully saturated rings. The number of thiophene rings is 1. The molecule has 1 atom stereocenters. The summed E-state index contributed by atoms with van der Waals surface area (Å²) in [6.07, 6.45) is 4.02. The molecule has 2 aromatic carbocycles. The van der Waals surface area contributed by atoms with Crippen LogP contribution in [0.15, 0.2) is 59.5 Å². The SMILES string of the molecule is CCC(C(=O)O)N1Cc2sc(-c3ccc(C=Cc4ccc(F)cc4)cc3)cc2S1(=O)=O. The molecule has 1 aromatic heterocycles. The molecule has 3 aromatic rings. The molecule has 1 aliphatic heterocycles. The van der Waals surface area contributed by atoms with Gasteiger partial charge in [0.25, 0.3) is 0 Å². The molecule has 0 amide bonds. The standard InChI is InChI=1S/C23H20FNO4S2/c1-2-19(23(26)27)25-14-21-22(31(25,28)29)13-20(30-21)17-9-5-15(6-10-17)3-4-16-7-11-18(24)12-8-16/h3-13,19H,2,14H2,1H3,(H,26,27). The van der Waals surface area contributed by atoms with E-state index in [1.807, 2.05) is 36.4 Å². The van der Waals surface area contributed by atoms with Gasteiger partial charge in [0.2, 0.25) is 10.0 Å². The van der Waals surface area contributed by atoms with Crippen LogP contribution in [0.3, 0.4) is 0 Å². The van der Waals surface area contributed by atoms with Crippen LogP contribution in [0.5, 0.6) is 0 Å². The van der Waals surface area contributed by atoms with Crippen LogP contribution in [0.1, 0.15) is 29.3 Å². The molecule has 5 nitrogen and oxygen atoms in total. The fraction of sp³-hybridized carbons (Fsp3) is 0.174. The van der Waals surface area contributed by atoms with Gasteiger partial charge >= 0.3 is 5.97 Å². The van der Waals surface area contributed by atoms with Gasteiger partial charge in [0.15, 0.2) is 0 Å². The highest BCUT2D eigenvalue weighted by Gasteiger charge is 2.42. The predicted molar refractivity (Wildman–Crippen MR) is 120 cm³/mol. The topological polar surface area (TPSA) is 74.7 Å². The number of carboxylic acid groups (broad SMARTS) is 1. The summed E-state index contributed by atoms with van der Waals surface area (Å²) >= 11 is 1.37. The molecule has 4 rings (SSSR count). The van der Waals surface area contributed by atoms with Crippen molar-refractivity contribution in [3.05, 3.63) is 76.4 Å². The van der Waals surface area contributed by atoms with Gasteiger partial charge < -0.3 is 5.11 Å². The number of aliphatic carboxylic acids is 1. The molecule has 0 spiro atoms. The summed E-state index contributed by atoms with van der Waals surface area (Å²) in [5.41, 5.74) is 2.75. The van der Waals surface area contributed by atoms with Crippen LogP contribution in [-0.2, 0) is 21.4 Å². The number of benzene rings is 2. The quantitative estimate of drug-likeness (QED) is 0.523. The van der Waals surface area contributed by atoms with Crippen molar-refractivity contribution in [3.8, 4) is 10.4 Å². The van der Waals surface area contributed by atoms with E-state index in [-0.39, 0.29) is 23.7 Å². The number of rotatable bonds is 6. The van der Waals surface area contributed by atoms with Crippen molar-refractivity contribution >= 4 is 39.5 Å². The molecule has 1 aliphatic rings. The second kappa shape index (κ2) is 8.37. The van der Waals surface area contributed by atoms with E-state index < -0.39 is 22.0 Å². The molecule has 31 heavy (non-hydrogen) atoms. The van der Waals surface area contributed by atoms with Crippen molar-refractivity contribution < 1.29 is 22.7 Å². The van der Waals surface area contributed by atoms with E-state index in [2.05, 4.69) is 0 Å². The van der Waals surface area contributed by atoms with Gasteiger partial charge in [-0.1, -0.05) is 55.5 Å². The van der Waals surface area contributed by atoms with Crippen molar-refractivity contribution in [2.75, 3.05) is 0 Å². The maximum atomic E-state index is 13.0. The Morgan fingerprint density at radius 3 is 2.23 bits per heavy atom. The van der Waals surface area contributed by atoms with Crippen LogP contribution in [0.2, 0.25) is 0 Å². The van der Waals surface area contributed by atoms with Crippen LogP contribution >= 0.6 is 11.3 Å². The summed E-state index contributed by atoms with van der Waals surface area (Å²) in [4.78, 5) is 13.1. The number of hydrogen-bond donors (Lipinski definition) is 1. The first kappa shape index (κ1) is 21.4. The van der Waals surface area contributed by atoms with Crippen molar-refractivity contribution in [1.29, 1.82) is 0 Å². The monoisotopic (exact) mass is 457 g/mol. The summed E-state index contributed by atoms with van der Waals surface area (Å²) < 4.78 is 39.8.